The molecule has 0 fully saturated rings. The lowest BCUT2D eigenvalue weighted by Crippen LogP contribution is -2.05. The van der Waals surface area contributed by atoms with Crippen molar-refractivity contribution in [2.24, 2.45) is 0 Å². The van der Waals surface area contributed by atoms with Gasteiger partial charge in [0.25, 0.3) is 0 Å². The molecular weight excluding hydrogens is 278 g/mol. The molecule has 4 nitrogen and oxygen atoms in total. The number of hydrogen-bond donors (Lipinski definition) is 0. The summed E-state index contributed by atoms with van der Waals surface area (Å²) in [4.78, 5) is 26.9. The molecule has 0 amide bonds. The Bertz CT molecular complexity index is 820. The molecule has 0 radical (unpaired) electrons. The monoisotopic (exact) mass is 291 g/mol. The van der Waals surface area contributed by atoms with Crippen molar-refractivity contribution in [1.29, 1.82) is 0 Å². The first-order valence-electron chi connectivity index (χ1n) is 6.83. The third kappa shape index (κ3) is 2.86. The molecule has 0 aliphatic carbocycles. The van der Waals surface area contributed by atoms with Gasteiger partial charge in [0.2, 0.25) is 0 Å². The van der Waals surface area contributed by atoms with Crippen LogP contribution in [0, 0.1) is 0 Å². The average Bonchev–Trinajstić information content (AvgIpc) is 2.59. The first-order chi connectivity index (χ1) is 10.8. The van der Waals surface area contributed by atoms with Crippen LogP contribution in [0.1, 0.15) is 26.3 Å². The zero-order chi connectivity index (χ0) is 15.4. The number of carbonyl (C=O) groups is 2. The van der Waals surface area contributed by atoms with E-state index >= 15 is 0 Å². The van der Waals surface area contributed by atoms with Crippen LogP contribution < -0.4 is 0 Å². The lowest BCUT2D eigenvalue weighted by molar-refractivity contribution is 0.0474. The topological polar surface area (TPSA) is 56.3 Å². The van der Waals surface area contributed by atoms with Gasteiger partial charge in [0.1, 0.15) is 12.9 Å². The summed E-state index contributed by atoms with van der Waals surface area (Å²) in [5.41, 5.74) is 2.62. The Kier molecular flexibility index (Phi) is 3.92. The molecule has 22 heavy (non-hydrogen) atoms. The van der Waals surface area contributed by atoms with Gasteiger partial charge in [-0.1, -0.05) is 36.4 Å². The lowest BCUT2D eigenvalue weighted by Gasteiger charge is -2.07. The summed E-state index contributed by atoms with van der Waals surface area (Å²) in [6, 6.07) is 15.9. The van der Waals surface area contributed by atoms with Crippen LogP contribution in [-0.4, -0.2) is 17.2 Å². The van der Waals surface area contributed by atoms with Crippen LogP contribution in [0.3, 0.4) is 0 Å². The zero-order valence-corrected chi connectivity index (χ0v) is 11.7. The normalized spacial score (nSPS) is 10.4. The fraction of sp³-hybridized carbons (Fsp3) is 0.0556. The summed E-state index contributed by atoms with van der Waals surface area (Å²) in [5.74, 6) is -0.426. The van der Waals surface area contributed by atoms with Gasteiger partial charge in [-0.3, -0.25) is 9.78 Å². The van der Waals surface area contributed by atoms with Gasteiger partial charge < -0.3 is 4.74 Å². The molecule has 1 aromatic heterocycles. The summed E-state index contributed by atoms with van der Waals surface area (Å²) in [7, 11) is 0. The number of para-hydroxylation sites is 1. The first-order valence-corrected chi connectivity index (χ1v) is 6.83. The minimum Gasteiger partial charge on any atom is -0.457 e. The Labute approximate surface area is 127 Å². The number of nitrogens with zero attached hydrogens (tertiary/aromatic N) is 1. The Hall–Kier alpha value is -3.01. The van der Waals surface area contributed by atoms with Crippen LogP contribution in [0.15, 0.2) is 60.8 Å². The SMILES string of the molecule is O=Cc1ccc(C(=O)OCc2cccc3cccnc23)cc1. The predicted octanol–water partition coefficient (Wildman–Crippen LogP) is 3.40. The number of rotatable bonds is 4. The molecule has 3 rings (SSSR count). The molecule has 4 heteroatoms. The number of carbonyl (C=O) groups excluding carboxylic acids is 2. The Morgan fingerprint density at radius 2 is 1.82 bits per heavy atom. The molecule has 0 spiro atoms. The number of ether oxygens (including phenoxy) is 1. The van der Waals surface area contributed by atoms with E-state index in [0.29, 0.717) is 11.1 Å². The van der Waals surface area contributed by atoms with Gasteiger partial charge >= 0.3 is 5.97 Å². The molecule has 0 unspecified atom stereocenters. The smallest absolute Gasteiger partial charge is 0.338 e. The summed E-state index contributed by atoms with van der Waals surface area (Å²) in [6.07, 6.45) is 2.45. The van der Waals surface area contributed by atoms with Crippen LogP contribution in [-0.2, 0) is 11.3 Å². The summed E-state index contributed by atoms with van der Waals surface area (Å²) < 4.78 is 5.33. The van der Waals surface area contributed by atoms with Crippen LogP contribution in [0.25, 0.3) is 10.9 Å². The molecule has 0 N–H and O–H groups in total. The molecule has 0 aliphatic heterocycles. The summed E-state index contributed by atoms with van der Waals surface area (Å²) in [6.45, 7) is 0.155. The Morgan fingerprint density at radius 1 is 1.05 bits per heavy atom. The van der Waals surface area contributed by atoms with Gasteiger partial charge in [0, 0.05) is 22.7 Å². The molecule has 3 aromatic rings. The van der Waals surface area contributed by atoms with Crippen molar-refractivity contribution in [3.8, 4) is 0 Å². The quantitative estimate of drug-likeness (QED) is 0.546. The van der Waals surface area contributed by atoms with E-state index in [1.807, 2.05) is 30.3 Å². The summed E-state index contributed by atoms with van der Waals surface area (Å²) in [5, 5.41) is 1.01. The van der Waals surface area contributed by atoms with E-state index in [-0.39, 0.29) is 6.61 Å². The largest absolute Gasteiger partial charge is 0.457 e. The molecule has 2 aromatic carbocycles. The molecule has 0 saturated carbocycles. The minimum atomic E-state index is -0.426. The molecule has 108 valence electrons. The highest BCUT2D eigenvalue weighted by Gasteiger charge is 2.09. The third-order valence-electron chi connectivity index (χ3n) is 3.36. The number of hydrogen-bond acceptors (Lipinski definition) is 4. The van der Waals surface area contributed by atoms with Crippen LogP contribution in [0.2, 0.25) is 0 Å². The van der Waals surface area contributed by atoms with Crippen LogP contribution in [0.4, 0.5) is 0 Å². The molecule has 1 heterocycles. The zero-order valence-electron chi connectivity index (χ0n) is 11.7. The van der Waals surface area contributed by atoms with Gasteiger partial charge in [0.05, 0.1) is 11.1 Å². The van der Waals surface area contributed by atoms with E-state index in [0.717, 1.165) is 22.8 Å². The molecule has 0 aliphatic rings. The second-order valence-corrected chi connectivity index (χ2v) is 4.81. The molecule has 0 atom stereocenters. The highest BCUT2D eigenvalue weighted by molar-refractivity contribution is 5.90. The van der Waals surface area contributed by atoms with E-state index in [9.17, 15) is 9.59 Å². The minimum absolute atomic E-state index is 0.155. The number of pyridine rings is 1. The van der Waals surface area contributed by atoms with Gasteiger partial charge in [-0.05, 0) is 18.2 Å². The maximum Gasteiger partial charge on any atom is 0.338 e. The van der Waals surface area contributed by atoms with E-state index in [1.165, 1.54) is 0 Å². The standard InChI is InChI=1S/C18H13NO3/c20-11-13-6-8-15(9-7-13)18(21)22-12-16-4-1-3-14-5-2-10-19-17(14)16/h1-11H,12H2. The van der Waals surface area contributed by atoms with Gasteiger partial charge in [-0.2, -0.15) is 0 Å². The predicted molar refractivity (Wildman–Crippen MR) is 82.7 cm³/mol. The van der Waals surface area contributed by atoms with E-state index < -0.39 is 5.97 Å². The fourth-order valence-corrected chi connectivity index (χ4v) is 2.21. The maximum atomic E-state index is 12.0. The van der Waals surface area contributed by atoms with E-state index in [2.05, 4.69) is 4.98 Å². The van der Waals surface area contributed by atoms with Crippen molar-refractivity contribution >= 4 is 23.2 Å². The van der Waals surface area contributed by atoms with Crippen LogP contribution in [0.5, 0.6) is 0 Å². The van der Waals surface area contributed by atoms with Gasteiger partial charge in [-0.15, -0.1) is 0 Å². The number of fused-ring (bicyclic) bond motifs is 1. The number of esters is 1. The van der Waals surface area contributed by atoms with Gasteiger partial charge in [-0.25, -0.2) is 4.79 Å². The van der Waals surface area contributed by atoms with Crippen molar-refractivity contribution in [2.45, 2.75) is 6.61 Å². The maximum absolute atomic E-state index is 12.0. The second-order valence-electron chi connectivity index (χ2n) is 4.81. The van der Waals surface area contributed by atoms with Crippen molar-refractivity contribution in [3.05, 3.63) is 77.5 Å². The molecule has 0 bridgehead atoms. The Morgan fingerprint density at radius 3 is 2.59 bits per heavy atom. The summed E-state index contributed by atoms with van der Waals surface area (Å²) >= 11 is 0. The average molecular weight is 291 g/mol. The molecule has 0 saturated heterocycles. The first kappa shape index (κ1) is 13.9. The van der Waals surface area contributed by atoms with Crippen molar-refractivity contribution in [1.82, 2.24) is 4.98 Å². The van der Waals surface area contributed by atoms with Crippen molar-refractivity contribution in [3.63, 3.8) is 0 Å². The van der Waals surface area contributed by atoms with Crippen molar-refractivity contribution < 1.29 is 14.3 Å². The Balaban J connectivity index is 1.75. The van der Waals surface area contributed by atoms with Crippen molar-refractivity contribution in [2.75, 3.05) is 0 Å². The molecular formula is C18H13NO3. The number of aldehydes is 1. The third-order valence-corrected chi connectivity index (χ3v) is 3.36. The van der Waals surface area contributed by atoms with Crippen LogP contribution >= 0.6 is 0 Å². The highest BCUT2D eigenvalue weighted by atomic mass is 16.5. The van der Waals surface area contributed by atoms with E-state index in [4.69, 9.17) is 4.74 Å². The number of benzene rings is 2. The highest BCUT2D eigenvalue weighted by Crippen LogP contribution is 2.17. The second kappa shape index (κ2) is 6.18. The van der Waals surface area contributed by atoms with Gasteiger partial charge in [0.15, 0.2) is 0 Å². The fourth-order valence-electron chi connectivity index (χ4n) is 2.21. The lowest BCUT2D eigenvalue weighted by atomic mass is 10.1. The number of aromatic nitrogens is 1. The van der Waals surface area contributed by atoms with E-state index in [1.54, 1.807) is 30.5 Å².